The molecule has 0 fully saturated rings. The molecule has 0 unspecified atom stereocenters. The SMILES string of the molecule is Fc1cccc(F)c1-c1ccc2c(c1)C=CC2. The first-order valence-electron chi connectivity index (χ1n) is 5.49. The Morgan fingerprint density at radius 3 is 2.47 bits per heavy atom. The third-order valence-corrected chi connectivity index (χ3v) is 3.03. The van der Waals surface area contributed by atoms with Crippen LogP contribution in [0.3, 0.4) is 0 Å². The van der Waals surface area contributed by atoms with Gasteiger partial charge >= 0.3 is 0 Å². The van der Waals surface area contributed by atoms with E-state index in [0.717, 1.165) is 12.0 Å². The molecule has 2 aromatic carbocycles. The molecule has 84 valence electrons. The number of hydrogen-bond acceptors (Lipinski definition) is 0. The number of halogens is 2. The second-order valence-electron chi connectivity index (χ2n) is 4.12. The van der Waals surface area contributed by atoms with Crippen LogP contribution in [0.5, 0.6) is 0 Å². The fourth-order valence-corrected chi connectivity index (χ4v) is 2.18. The van der Waals surface area contributed by atoms with Gasteiger partial charge in [-0.25, -0.2) is 8.78 Å². The van der Waals surface area contributed by atoms with Gasteiger partial charge in [-0.15, -0.1) is 0 Å². The topological polar surface area (TPSA) is 0 Å². The Morgan fingerprint density at radius 2 is 1.71 bits per heavy atom. The van der Waals surface area contributed by atoms with Crippen LogP contribution in [0.25, 0.3) is 17.2 Å². The summed E-state index contributed by atoms with van der Waals surface area (Å²) < 4.78 is 27.3. The van der Waals surface area contributed by atoms with Crippen molar-refractivity contribution in [3.05, 3.63) is 65.2 Å². The van der Waals surface area contributed by atoms with Gasteiger partial charge in [-0.05, 0) is 41.3 Å². The standard InChI is InChI=1S/C15H10F2/c16-13-5-2-6-14(17)15(13)12-8-7-10-3-1-4-11(10)9-12/h1-2,4-9H,3H2. The highest BCUT2D eigenvalue weighted by Gasteiger charge is 2.13. The molecule has 0 saturated carbocycles. The fraction of sp³-hybridized carbons (Fsp3) is 0.0667. The van der Waals surface area contributed by atoms with Crippen LogP contribution in [0.2, 0.25) is 0 Å². The predicted molar refractivity (Wildman–Crippen MR) is 64.5 cm³/mol. The van der Waals surface area contributed by atoms with Crippen LogP contribution in [-0.2, 0) is 6.42 Å². The Hall–Kier alpha value is -1.96. The van der Waals surface area contributed by atoms with Crippen LogP contribution in [-0.4, -0.2) is 0 Å². The maximum atomic E-state index is 13.6. The molecule has 0 saturated heterocycles. The highest BCUT2D eigenvalue weighted by atomic mass is 19.1. The van der Waals surface area contributed by atoms with Gasteiger partial charge < -0.3 is 0 Å². The number of allylic oxidation sites excluding steroid dienone is 1. The summed E-state index contributed by atoms with van der Waals surface area (Å²) >= 11 is 0. The van der Waals surface area contributed by atoms with Gasteiger partial charge in [0.25, 0.3) is 0 Å². The van der Waals surface area contributed by atoms with Gasteiger partial charge in [0.2, 0.25) is 0 Å². The zero-order valence-electron chi connectivity index (χ0n) is 9.08. The molecule has 1 aliphatic carbocycles. The molecule has 3 rings (SSSR count). The van der Waals surface area contributed by atoms with E-state index in [0.29, 0.717) is 5.56 Å². The van der Waals surface area contributed by atoms with Gasteiger partial charge in [0.1, 0.15) is 11.6 Å². The van der Waals surface area contributed by atoms with Crippen LogP contribution in [0.15, 0.2) is 42.5 Å². The lowest BCUT2D eigenvalue weighted by molar-refractivity contribution is 0.589. The summed E-state index contributed by atoms with van der Waals surface area (Å²) in [6.07, 6.45) is 4.93. The van der Waals surface area contributed by atoms with Crippen molar-refractivity contribution >= 4 is 6.08 Å². The molecule has 0 N–H and O–H groups in total. The number of benzene rings is 2. The summed E-state index contributed by atoms with van der Waals surface area (Å²) in [4.78, 5) is 0. The lowest BCUT2D eigenvalue weighted by atomic mass is 10.00. The Morgan fingerprint density at radius 1 is 0.941 bits per heavy atom. The first-order chi connectivity index (χ1) is 8.25. The molecule has 0 spiro atoms. The van der Waals surface area contributed by atoms with E-state index >= 15 is 0 Å². The number of fused-ring (bicyclic) bond motifs is 1. The molecule has 2 aromatic rings. The minimum atomic E-state index is -0.521. The molecule has 1 aliphatic rings. The highest BCUT2D eigenvalue weighted by Crippen LogP contribution is 2.30. The van der Waals surface area contributed by atoms with Gasteiger partial charge in [0.15, 0.2) is 0 Å². The van der Waals surface area contributed by atoms with Crippen molar-refractivity contribution in [1.29, 1.82) is 0 Å². The largest absolute Gasteiger partial charge is 0.206 e. The summed E-state index contributed by atoms with van der Waals surface area (Å²) in [6.45, 7) is 0. The summed E-state index contributed by atoms with van der Waals surface area (Å²) in [5.74, 6) is -1.04. The van der Waals surface area contributed by atoms with E-state index in [-0.39, 0.29) is 5.56 Å². The summed E-state index contributed by atoms with van der Waals surface area (Å²) in [6, 6.07) is 9.47. The quantitative estimate of drug-likeness (QED) is 0.686. The van der Waals surface area contributed by atoms with Crippen LogP contribution >= 0.6 is 0 Å². The van der Waals surface area contributed by atoms with E-state index < -0.39 is 11.6 Å². The van der Waals surface area contributed by atoms with Gasteiger partial charge in [-0.1, -0.05) is 30.4 Å². The summed E-state index contributed by atoms with van der Waals surface area (Å²) in [5.41, 5.74) is 2.89. The van der Waals surface area contributed by atoms with Crippen LogP contribution in [0.1, 0.15) is 11.1 Å². The van der Waals surface area contributed by atoms with Crippen molar-refractivity contribution in [2.75, 3.05) is 0 Å². The van der Waals surface area contributed by atoms with Crippen molar-refractivity contribution in [2.24, 2.45) is 0 Å². The van der Waals surface area contributed by atoms with Gasteiger partial charge in [-0.3, -0.25) is 0 Å². The molecule has 0 bridgehead atoms. The van der Waals surface area contributed by atoms with Crippen molar-refractivity contribution < 1.29 is 8.78 Å². The zero-order chi connectivity index (χ0) is 11.8. The van der Waals surface area contributed by atoms with Gasteiger partial charge in [-0.2, -0.15) is 0 Å². The Kier molecular flexibility index (Phi) is 2.29. The molecule has 0 atom stereocenters. The maximum absolute atomic E-state index is 13.6. The molecule has 0 aliphatic heterocycles. The van der Waals surface area contributed by atoms with Crippen LogP contribution < -0.4 is 0 Å². The average molecular weight is 228 g/mol. The second kappa shape index (κ2) is 3.81. The normalized spacial score (nSPS) is 12.8. The molecule has 2 heteroatoms. The van der Waals surface area contributed by atoms with Gasteiger partial charge in [0, 0.05) is 0 Å². The van der Waals surface area contributed by atoms with E-state index in [1.807, 2.05) is 24.3 Å². The number of hydrogen-bond donors (Lipinski definition) is 0. The van der Waals surface area contributed by atoms with E-state index in [9.17, 15) is 8.78 Å². The third-order valence-electron chi connectivity index (χ3n) is 3.03. The molecule has 0 amide bonds. The number of rotatable bonds is 1. The Labute approximate surface area is 98.2 Å². The van der Waals surface area contributed by atoms with E-state index in [1.54, 1.807) is 6.07 Å². The molecule has 0 aromatic heterocycles. The minimum Gasteiger partial charge on any atom is -0.206 e. The monoisotopic (exact) mass is 228 g/mol. The van der Waals surface area contributed by atoms with Crippen molar-refractivity contribution in [3.63, 3.8) is 0 Å². The molecule has 0 nitrogen and oxygen atoms in total. The predicted octanol–water partition coefficient (Wildman–Crippen LogP) is 4.20. The fourth-order valence-electron chi connectivity index (χ4n) is 2.18. The molecular weight excluding hydrogens is 218 g/mol. The Balaban J connectivity index is 2.19. The molecular formula is C15H10F2. The smallest absolute Gasteiger partial charge is 0.133 e. The lowest BCUT2D eigenvalue weighted by Crippen LogP contribution is -1.91. The van der Waals surface area contributed by atoms with E-state index in [2.05, 4.69) is 0 Å². The molecule has 0 radical (unpaired) electrons. The maximum Gasteiger partial charge on any atom is 0.133 e. The van der Waals surface area contributed by atoms with Crippen LogP contribution in [0, 0.1) is 11.6 Å². The second-order valence-corrected chi connectivity index (χ2v) is 4.12. The van der Waals surface area contributed by atoms with Crippen molar-refractivity contribution in [2.45, 2.75) is 6.42 Å². The van der Waals surface area contributed by atoms with Crippen molar-refractivity contribution in [3.8, 4) is 11.1 Å². The first kappa shape index (κ1) is 10.2. The van der Waals surface area contributed by atoms with E-state index in [1.165, 1.54) is 23.8 Å². The van der Waals surface area contributed by atoms with E-state index in [4.69, 9.17) is 0 Å². The molecule has 0 heterocycles. The van der Waals surface area contributed by atoms with Gasteiger partial charge in [0.05, 0.1) is 5.56 Å². The third kappa shape index (κ3) is 1.66. The average Bonchev–Trinajstić information content (AvgIpc) is 2.76. The van der Waals surface area contributed by atoms with Crippen molar-refractivity contribution in [1.82, 2.24) is 0 Å². The van der Waals surface area contributed by atoms with Crippen LogP contribution in [0.4, 0.5) is 8.78 Å². The first-order valence-corrected chi connectivity index (χ1v) is 5.49. The highest BCUT2D eigenvalue weighted by molar-refractivity contribution is 5.71. The zero-order valence-corrected chi connectivity index (χ0v) is 9.08. The molecule has 17 heavy (non-hydrogen) atoms. The summed E-state index contributed by atoms with van der Waals surface area (Å²) in [7, 11) is 0. The summed E-state index contributed by atoms with van der Waals surface area (Å²) in [5, 5.41) is 0. The Bertz CT molecular complexity index is 592. The minimum absolute atomic E-state index is 0.0515. The lowest BCUT2D eigenvalue weighted by Gasteiger charge is -2.07.